The first kappa shape index (κ1) is 24.1. The van der Waals surface area contributed by atoms with Crippen LogP contribution in [0.1, 0.15) is 32.3 Å². The zero-order chi connectivity index (χ0) is 24.5. The number of aromatic amines is 1. The van der Waals surface area contributed by atoms with E-state index in [1.807, 2.05) is 24.4 Å². The number of carbonyl (C=O) groups excluding carboxylic acids is 1. The van der Waals surface area contributed by atoms with Crippen LogP contribution >= 0.6 is 0 Å². The summed E-state index contributed by atoms with van der Waals surface area (Å²) in [6.45, 7) is 5.14. The quantitative estimate of drug-likeness (QED) is 0.473. The van der Waals surface area contributed by atoms with Gasteiger partial charge >= 0.3 is 0 Å². The molecule has 3 aromatic rings. The Balaban J connectivity index is 1.53. The molecule has 8 nitrogen and oxygen atoms in total. The second kappa shape index (κ2) is 9.66. The molecule has 2 atom stereocenters. The van der Waals surface area contributed by atoms with Crippen molar-refractivity contribution >= 4 is 44.5 Å². The van der Waals surface area contributed by atoms with Gasteiger partial charge in [0.2, 0.25) is 10.0 Å². The molecule has 0 bridgehead atoms. The van der Waals surface area contributed by atoms with Crippen molar-refractivity contribution in [2.75, 3.05) is 34.4 Å². The molecule has 0 spiro atoms. The zero-order valence-electron chi connectivity index (χ0n) is 20.2. The molecule has 0 amide bonds. The van der Waals surface area contributed by atoms with E-state index in [9.17, 15) is 13.2 Å². The monoisotopic (exact) mass is 483 g/mol. The number of pyridine rings is 1. The molecular formula is C25H33N5O3S. The lowest BCUT2D eigenvalue weighted by Crippen LogP contribution is -2.50. The molecule has 0 saturated carbocycles. The van der Waals surface area contributed by atoms with Crippen molar-refractivity contribution in [2.45, 2.75) is 45.2 Å². The zero-order valence-corrected chi connectivity index (χ0v) is 21.0. The molecule has 4 rings (SSSR count). The van der Waals surface area contributed by atoms with E-state index in [1.165, 1.54) is 5.56 Å². The number of anilines is 3. The van der Waals surface area contributed by atoms with Crippen LogP contribution in [0.3, 0.4) is 0 Å². The Morgan fingerprint density at radius 1 is 1.29 bits per heavy atom. The predicted octanol–water partition coefficient (Wildman–Crippen LogP) is 3.81. The molecule has 1 aliphatic heterocycles. The summed E-state index contributed by atoms with van der Waals surface area (Å²) in [6, 6.07) is 11.4. The number of rotatable bonds is 8. The molecule has 182 valence electrons. The number of sulfonamides is 1. The highest BCUT2D eigenvalue weighted by molar-refractivity contribution is 7.92. The number of H-pyrrole nitrogens is 1. The molecule has 1 aromatic carbocycles. The average molecular weight is 484 g/mol. The van der Waals surface area contributed by atoms with Gasteiger partial charge in [-0.25, -0.2) is 13.4 Å². The minimum atomic E-state index is -3.35. The minimum Gasteiger partial charge on any atom is -0.356 e. The largest absolute Gasteiger partial charge is 0.356 e. The van der Waals surface area contributed by atoms with Crippen molar-refractivity contribution < 1.29 is 13.2 Å². The molecule has 3 heterocycles. The Kier molecular flexibility index (Phi) is 6.84. The van der Waals surface area contributed by atoms with Crippen LogP contribution in [0.25, 0.3) is 10.9 Å². The van der Waals surface area contributed by atoms with Crippen LogP contribution in [0.4, 0.5) is 17.3 Å². The third-order valence-electron chi connectivity index (χ3n) is 6.37. The summed E-state index contributed by atoms with van der Waals surface area (Å²) in [7, 11) is -1.27. The molecular weight excluding hydrogens is 450 g/mol. The first-order chi connectivity index (χ1) is 16.1. The van der Waals surface area contributed by atoms with Gasteiger partial charge in [0.25, 0.3) is 0 Å². The SMILES string of the molecule is CC(C)Cc1cccnc1N(C)C1CCN(c2cc3cc(NS(C)(=O)=O)ccc3[nH]2)C(C=O)C1. The van der Waals surface area contributed by atoms with Gasteiger partial charge in [0.15, 0.2) is 0 Å². The smallest absolute Gasteiger partial charge is 0.229 e. The third-order valence-corrected chi connectivity index (χ3v) is 6.98. The predicted molar refractivity (Wildman–Crippen MR) is 138 cm³/mol. The van der Waals surface area contributed by atoms with Crippen molar-refractivity contribution in [1.82, 2.24) is 9.97 Å². The second-order valence-electron chi connectivity index (χ2n) is 9.60. The summed E-state index contributed by atoms with van der Waals surface area (Å²) in [4.78, 5) is 24.5. The number of piperidine rings is 1. The summed E-state index contributed by atoms with van der Waals surface area (Å²) in [5.74, 6) is 2.40. The van der Waals surface area contributed by atoms with Crippen LogP contribution in [0.5, 0.6) is 0 Å². The van der Waals surface area contributed by atoms with Gasteiger partial charge in [-0.1, -0.05) is 19.9 Å². The maximum absolute atomic E-state index is 12.1. The second-order valence-corrected chi connectivity index (χ2v) is 11.3. The Bertz CT molecular complexity index is 1270. The highest BCUT2D eigenvalue weighted by atomic mass is 32.2. The van der Waals surface area contributed by atoms with Gasteiger partial charge in [0.1, 0.15) is 17.9 Å². The summed E-state index contributed by atoms with van der Waals surface area (Å²) in [5.41, 5.74) is 2.64. The standard InChI is InChI=1S/C25H33N5O3S/c1-17(2)12-18-6-5-10-26-25(18)29(3)21-9-11-30(22(15-21)16-31)24-14-19-13-20(28-34(4,32)33)7-8-23(19)27-24/h5-8,10,13-14,16-17,21-22,27-28H,9,11-12,15H2,1-4H3. The number of nitrogens with zero attached hydrogens (tertiary/aromatic N) is 3. The maximum atomic E-state index is 12.1. The Morgan fingerprint density at radius 2 is 2.09 bits per heavy atom. The van der Waals surface area contributed by atoms with E-state index in [4.69, 9.17) is 0 Å². The summed E-state index contributed by atoms with van der Waals surface area (Å²) in [6.07, 6.45) is 6.55. The lowest BCUT2D eigenvalue weighted by molar-refractivity contribution is -0.109. The summed E-state index contributed by atoms with van der Waals surface area (Å²) < 4.78 is 25.6. The van der Waals surface area contributed by atoms with E-state index in [1.54, 1.807) is 12.1 Å². The van der Waals surface area contributed by atoms with Crippen molar-refractivity contribution in [3.8, 4) is 0 Å². The molecule has 34 heavy (non-hydrogen) atoms. The molecule has 2 N–H and O–H groups in total. The summed E-state index contributed by atoms with van der Waals surface area (Å²) >= 11 is 0. The van der Waals surface area contributed by atoms with Crippen molar-refractivity contribution in [3.63, 3.8) is 0 Å². The molecule has 2 unspecified atom stereocenters. The number of fused-ring (bicyclic) bond motifs is 1. The first-order valence-corrected chi connectivity index (χ1v) is 13.5. The van der Waals surface area contributed by atoms with E-state index < -0.39 is 10.0 Å². The number of hydrogen-bond donors (Lipinski definition) is 2. The van der Waals surface area contributed by atoms with E-state index >= 15 is 0 Å². The molecule has 2 aromatic heterocycles. The van der Waals surface area contributed by atoms with Gasteiger partial charge in [0.05, 0.1) is 12.3 Å². The Hall–Kier alpha value is -3.07. The molecule has 1 aliphatic rings. The van der Waals surface area contributed by atoms with Crippen LogP contribution in [-0.4, -0.2) is 56.6 Å². The lowest BCUT2D eigenvalue weighted by atomic mass is 9.95. The highest BCUT2D eigenvalue weighted by Gasteiger charge is 2.32. The fourth-order valence-corrected chi connectivity index (χ4v) is 5.38. The van der Waals surface area contributed by atoms with E-state index in [2.05, 4.69) is 51.5 Å². The molecule has 9 heteroatoms. The van der Waals surface area contributed by atoms with Crippen LogP contribution < -0.4 is 14.5 Å². The van der Waals surface area contributed by atoms with Gasteiger partial charge in [0, 0.05) is 42.4 Å². The number of carbonyl (C=O) groups is 1. The van der Waals surface area contributed by atoms with Crippen molar-refractivity contribution in [3.05, 3.63) is 48.2 Å². The van der Waals surface area contributed by atoms with Crippen molar-refractivity contribution in [2.24, 2.45) is 5.92 Å². The summed E-state index contributed by atoms with van der Waals surface area (Å²) in [5, 5.41) is 0.888. The van der Waals surface area contributed by atoms with Gasteiger partial charge in [-0.2, -0.15) is 0 Å². The van der Waals surface area contributed by atoms with Gasteiger partial charge < -0.3 is 19.6 Å². The Morgan fingerprint density at radius 3 is 2.79 bits per heavy atom. The highest BCUT2D eigenvalue weighted by Crippen LogP contribution is 2.32. The number of hydrogen-bond acceptors (Lipinski definition) is 6. The van der Waals surface area contributed by atoms with Gasteiger partial charge in [-0.05, 0) is 61.1 Å². The number of aromatic nitrogens is 2. The maximum Gasteiger partial charge on any atom is 0.229 e. The number of aldehydes is 1. The normalized spacial score (nSPS) is 18.9. The van der Waals surface area contributed by atoms with Gasteiger partial charge in [-0.3, -0.25) is 4.72 Å². The minimum absolute atomic E-state index is 0.210. The topological polar surface area (TPSA) is 98.4 Å². The Labute approximate surface area is 201 Å². The van der Waals surface area contributed by atoms with E-state index in [-0.39, 0.29) is 12.1 Å². The number of benzene rings is 1. The van der Waals surface area contributed by atoms with Crippen LogP contribution in [0.2, 0.25) is 0 Å². The molecule has 0 radical (unpaired) electrons. The van der Waals surface area contributed by atoms with Crippen molar-refractivity contribution in [1.29, 1.82) is 0 Å². The third kappa shape index (κ3) is 5.35. The average Bonchev–Trinajstić information content (AvgIpc) is 3.20. The van der Waals surface area contributed by atoms with Crippen LogP contribution in [0, 0.1) is 5.92 Å². The fraction of sp³-hybridized carbons (Fsp3) is 0.440. The number of nitrogens with one attached hydrogen (secondary N) is 2. The fourth-order valence-electron chi connectivity index (χ4n) is 4.83. The van der Waals surface area contributed by atoms with Gasteiger partial charge in [-0.15, -0.1) is 0 Å². The lowest BCUT2D eigenvalue weighted by Gasteiger charge is -2.41. The van der Waals surface area contributed by atoms with Crippen LogP contribution in [-0.2, 0) is 21.2 Å². The molecule has 1 saturated heterocycles. The van der Waals surface area contributed by atoms with Crippen LogP contribution in [0.15, 0.2) is 42.6 Å². The first-order valence-electron chi connectivity index (χ1n) is 11.6. The molecule has 1 fully saturated rings. The van der Waals surface area contributed by atoms with E-state index in [0.29, 0.717) is 18.0 Å². The molecule has 0 aliphatic carbocycles. The van der Waals surface area contributed by atoms with E-state index in [0.717, 1.165) is 54.5 Å².